The van der Waals surface area contributed by atoms with Crippen LogP contribution in [-0.4, -0.2) is 41.8 Å². The number of carbonyl (C=O) groups is 1. The fraction of sp³-hybridized carbons (Fsp3) is 0.417. The van der Waals surface area contributed by atoms with Crippen LogP contribution < -0.4 is 0 Å². The van der Waals surface area contributed by atoms with Crippen molar-refractivity contribution in [3.8, 4) is 0 Å². The van der Waals surface area contributed by atoms with Crippen molar-refractivity contribution in [2.24, 2.45) is 0 Å². The number of morpholine rings is 1. The minimum Gasteiger partial charge on any atom is -0.480 e. The van der Waals surface area contributed by atoms with Gasteiger partial charge in [-0.05, 0) is 18.2 Å². The second kappa shape index (κ2) is 5.77. The summed E-state index contributed by atoms with van der Waals surface area (Å²) in [4.78, 5) is 12.8. The van der Waals surface area contributed by atoms with Gasteiger partial charge in [0.15, 0.2) is 0 Å². The van der Waals surface area contributed by atoms with Gasteiger partial charge < -0.3 is 9.84 Å². The molecule has 0 radical (unpaired) electrons. The van der Waals surface area contributed by atoms with Crippen molar-refractivity contribution in [3.05, 3.63) is 34.1 Å². The van der Waals surface area contributed by atoms with E-state index in [0.29, 0.717) is 18.7 Å². The molecule has 0 aromatic heterocycles. The molecule has 0 bridgehead atoms. The van der Waals surface area contributed by atoms with Gasteiger partial charge in [-0.15, -0.1) is 0 Å². The van der Waals surface area contributed by atoms with Crippen molar-refractivity contribution in [1.29, 1.82) is 0 Å². The third kappa shape index (κ3) is 3.07. The third-order valence-electron chi connectivity index (χ3n) is 2.91. The number of carboxylic acid groups (broad SMARTS) is 1. The maximum atomic E-state index is 13.6. The fourth-order valence-electron chi connectivity index (χ4n) is 1.94. The van der Waals surface area contributed by atoms with Gasteiger partial charge in [0.05, 0.1) is 13.2 Å². The molecule has 1 N–H and O–H groups in total. The van der Waals surface area contributed by atoms with Crippen LogP contribution >= 0.6 is 15.9 Å². The lowest BCUT2D eigenvalue weighted by atomic mass is 10.1. The smallest absolute Gasteiger partial charge is 0.323 e. The van der Waals surface area contributed by atoms with Crippen LogP contribution in [0.25, 0.3) is 0 Å². The van der Waals surface area contributed by atoms with Gasteiger partial charge in [-0.25, -0.2) is 4.39 Å². The van der Waals surface area contributed by atoms with Crippen molar-refractivity contribution in [2.45, 2.75) is 12.6 Å². The molecule has 1 fully saturated rings. The maximum absolute atomic E-state index is 13.6. The van der Waals surface area contributed by atoms with Crippen LogP contribution in [0.3, 0.4) is 0 Å². The summed E-state index contributed by atoms with van der Waals surface area (Å²) in [5.74, 6) is -1.26. The number of rotatable bonds is 3. The average molecular weight is 318 g/mol. The average Bonchev–Trinajstić information content (AvgIpc) is 2.34. The zero-order valence-electron chi connectivity index (χ0n) is 9.60. The number of halogens is 2. The molecule has 1 atom stereocenters. The molecule has 1 aromatic rings. The highest BCUT2D eigenvalue weighted by Crippen LogP contribution is 2.19. The van der Waals surface area contributed by atoms with Gasteiger partial charge in [-0.1, -0.05) is 15.9 Å². The predicted octanol–water partition coefficient (Wildman–Crippen LogP) is 1.87. The first kappa shape index (κ1) is 13.5. The molecule has 0 saturated carbocycles. The first-order chi connectivity index (χ1) is 8.58. The van der Waals surface area contributed by atoms with Gasteiger partial charge in [-0.2, -0.15) is 0 Å². The number of hydrogen-bond donors (Lipinski definition) is 1. The Morgan fingerprint density at radius 2 is 2.39 bits per heavy atom. The third-order valence-corrected chi connectivity index (χ3v) is 3.40. The Morgan fingerprint density at radius 1 is 1.61 bits per heavy atom. The number of aliphatic carboxylic acids is 1. The Hall–Kier alpha value is -0.980. The molecule has 1 saturated heterocycles. The van der Waals surface area contributed by atoms with Crippen LogP contribution in [0.5, 0.6) is 0 Å². The topological polar surface area (TPSA) is 49.8 Å². The summed E-state index contributed by atoms with van der Waals surface area (Å²) in [5.41, 5.74) is 0.484. The van der Waals surface area contributed by atoms with Crippen LogP contribution in [0.15, 0.2) is 22.7 Å². The van der Waals surface area contributed by atoms with E-state index in [-0.39, 0.29) is 19.0 Å². The largest absolute Gasteiger partial charge is 0.480 e. The van der Waals surface area contributed by atoms with Crippen LogP contribution in [0.1, 0.15) is 5.56 Å². The SMILES string of the molecule is O=C(O)C1COCCN1Cc1cc(Br)ccc1F. The van der Waals surface area contributed by atoms with Gasteiger partial charge in [0, 0.05) is 23.1 Å². The zero-order chi connectivity index (χ0) is 13.1. The van der Waals surface area contributed by atoms with E-state index in [0.717, 1.165) is 4.47 Å². The summed E-state index contributed by atoms with van der Waals surface area (Å²) < 4.78 is 19.5. The molecule has 1 aliphatic rings. The first-order valence-electron chi connectivity index (χ1n) is 5.56. The summed E-state index contributed by atoms with van der Waals surface area (Å²) in [6, 6.07) is 3.95. The summed E-state index contributed by atoms with van der Waals surface area (Å²) in [7, 11) is 0. The highest BCUT2D eigenvalue weighted by atomic mass is 79.9. The molecule has 1 aromatic carbocycles. The summed E-state index contributed by atoms with van der Waals surface area (Å²) in [6.07, 6.45) is 0. The van der Waals surface area contributed by atoms with Crippen molar-refractivity contribution in [3.63, 3.8) is 0 Å². The Morgan fingerprint density at radius 3 is 3.11 bits per heavy atom. The molecule has 1 aliphatic heterocycles. The highest BCUT2D eigenvalue weighted by Gasteiger charge is 2.29. The van der Waals surface area contributed by atoms with E-state index in [1.807, 2.05) is 0 Å². The number of benzene rings is 1. The van der Waals surface area contributed by atoms with E-state index in [4.69, 9.17) is 9.84 Å². The standard InChI is InChI=1S/C12H13BrFNO3/c13-9-1-2-10(14)8(5-9)6-15-3-4-18-7-11(15)12(16)17/h1-2,5,11H,3-4,6-7H2,(H,16,17). The molecule has 0 spiro atoms. The molecule has 1 heterocycles. The lowest BCUT2D eigenvalue weighted by molar-refractivity contribution is -0.150. The molecular weight excluding hydrogens is 305 g/mol. The maximum Gasteiger partial charge on any atom is 0.323 e. The predicted molar refractivity (Wildman–Crippen MR) is 66.8 cm³/mol. The van der Waals surface area contributed by atoms with Crippen molar-refractivity contribution >= 4 is 21.9 Å². The minimum atomic E-state index is -0.940. The Bertz CT molecular complexity index is 455. The molecule has 4 nitrogen and oxygen atoms in total. The Balaban J connectivity index is 2.15. The van der Waals surface area contributed by atoms with Gasteiger partial charge in [0.1, 0.15) is 11.9 Å². The van der Waals surface area contributed by atoms with E-state index in [2.05, 4.69) is 15.9 Å². The lowest BCUT2D eigenvalue weighted by Crippen LogP contribution is -2.49. The van der Waals surface area contributed by atoms with E-state index in [1.54, 1.807) is 17.0 Å². The highest BCUT2D eigenvalue weighted by molar-refractivity contribution is 9.10. The number of carboxylic acids is 1. The monoisotopic (exact) mass is 317 g/mol. The fourth-order valence-corrected chi connectivity index (χ4v) is 2.35. The zero-order valence-corrected chi connectivity index (χ0v) is 11.2. The van der Waals surface area contributed by atoms with Crippen molar-refractivity contribution in [2.75, 3.05) is 19.8 Å². The summed E-state index contributed by atoms with van der Waals surface area (Å²) in [6.45, 7) is 1.37. The molecule has 2 rings (SSSR count). The minimum absolute atomic E-state index is 0.144. The summed E-state index contributed by atoms with van der Waals surface area (Å²) >= 11 is 3.28. The van der Waals surface area contributed by atoms with Gasteiger partial charge >= 0.3 is 5.97 Å². The molecular formula is C12H13BrFNO3. The van der Waals surface area contributed by atoms with E-state index >= 15 is 0 Å². The molecule has 0 amide bonds. The second-order valence-corrected chi connectivity index (χ2v) is 5.05. The van der Waals surface area contributed by atoms with Crippen LogP contribution in [0.2, 0.25) is 0 Å². The quantitative estimate of drug-likeness (QED) is 0.924. The number of hydrogen-bond acceptors (Lipinski definition) is 3. The number of nitrogens with zero attached hydrogens (tertiary/aromatic N) is 1. The number of ether oxygens (including phenoxy) is 1. The second-order valence-electron chi connectivity index (χ2n) is 4.14. The molecule has 18 heavy (non-hydrogen) atoms. The normalized spacial score (nSPS) is 20.9. The van der Waals surface area contributed by atoms with Gasteiger partial charge in [-0.3, -0.25) is 9.69 Å². The van der Waals surface area contributed by atoms with Gasteiger partial charge in [0.2, 0.25) is 0 Å². The Labute approximate surface area is 112 Å². The van der Waals surface area contributed by atoms with E-state index in [1.165, 1.54) is 6.07 Å². The van der Waals surface area contributed by atoms with Crippen molar-refractivity contribution in [1.82, 2.24) is 4.90 Å². The van der Waals surface area contributed by atoms with E-state index in [9.17, 15) is 9.18 Å². The van der Waals surface area contributed by atoms with Gasteiger partial charge in [0.25, 0.3) is 0 Å². The van der Waals surface area contributed by atoms with Crippen molar-refractivity contribution < 1.29 is 19.0 Å². The Kier molecular flexibility index (Phi) is 4.31. The molecule has 1 unspecified atom stereocenters. The van der Waals surface area contributed by atoms with E-state index < -0.39 is 12.0 Å². The molecule has 6 heteroatoms. The first-order valence-corrected chi connectivity index (χ1v) is 6.36. The van der Waals surface area contributed by atoms with Crippen LogP contribution in [0, 0.1) is 5.82 Å². The van der Waals surface area contributed by atoms with Crippen LogP contribution in [0.4, 0.5) is 4.39 Å². The van der Waals surface area contributed by atoms with Crippen LogP contribution in [-0.2, 0) is 16.1 Å². The lowest BCUT2D eigenvalue weighted by Gasteiger charge is -2.32. The molecule has 98 valence electrons. The molecule has 0 aliphatic carbocycles. The summed E-state index contributed by atoms with van der Waals surface area (Å²) in [5, 5.41) is 9.09.